The van der Waals surface area contributed by atoms with Crippen molar-refractivity contribution < 1.29 is 9.18 Å². The SMILES string of the molecule is O=C1N=NC=C(N2Cc3ccc(F)cc3C2)C1Cl. The van der Waals surface area contributed by atoms with Crippen molar-refractivity contribution in [1.29, 1.82) is 0 Å². The lowest BCUT2D eigenvalue weighted by Gasteiger charge is -2.24. The van der Waals surface area contributed by atoms with Crippen LogP contribution in [-0.2, 0) is 17.9 Å². The highest BCUT2D eigenvalue weighted by atomic mass is 35.5. The smallest absolute Gasteiger partial charge is 0.288 e. The van der Waals surface area contributed by atoms with Crippen molar-refractivity contribution in [1.82, 2.24) is 4.90 Å². The maximum atomic E-state index is 13.1. The second kappa shape index (κ2) is 4.17. The van der Waals surface area contributed by atoms with Gasteiger partial charge in [-0.05, 0) is 23.3 Å². The number of hydrogen-bond donors (Lipinski definition) is 0. The summed E-state index contributed by atoms with van der Waals surface area (Å²) in [7, 11) is 0. The third kappa shape index (κ3) is 1.80. The number of benzene rings is 1. The molecule has 0 aromatic heterocycles. The first kappa shape index (κ1) is 11.3. The monoisotopic (exact) mass is 265 g/mol. The summed E-state index contributed by atoms with van der Waals surface area (Å²) in [6.07, 6.45) is 1.49. The summed E-state index contributed by atoms with van der Waals surface area (Å²) < 4.78 is 13.1. The van der Waals surface area contributed by atoms with Crippen LogP contribution in [0.5, 0.6) is 0 Å². The van der Waals surface area contributed by atoms with Crippen LogP contribution in [0.1, 0.15) is 11.1 Å². The Morgan fingerprint density at radius 2 is 2.11 bits per heavy atom. The summed E-state index contributed by atoms with van der Waals surface area (Å²) >= 11 is 6.00. The third-order valence-electron chi connectivity index (χ3n) is 3.08. The fraction of sp³-hybridized carbons (Fsp3) is 0.250. The number of azo groups is 1. The largest absolute Gasteiger partial charge is 0.363 e. The van der Waals surface area contributed by atoms with Gasteiger partial charge in [0.05, 0.1) is 11.9 Å². The third-order valence-corrected chi connectivity index (χ3v) is 3.49. The Bertz CT molecular complexity index is 585. The van der Waals surface area contributed by atoms with E-state index in [-0.39, 0.29) is 5.82 Å². The zero-order chi connectivity index (χ0) is 12.7. The van der Waals surface area contributed by atoms with Crippen LogP contribution in [0.2, 0.25) is 0 Å². The van der Waals surface area contributed by atoms with Crippen molar-refractivity contribution in [3.8, 4) is 0 Å². The van der Waals surface area contributed by atoms with Crippen LogP contribution in [0.3, 0.4) is 0 Å². The number of carbonyl (C=O) groups excluding carboxylic acids is 1. The Morgan fingerprint density at radius 1 is 1.33 bits per heavy atom. The molecule has 0 bridgehead atoms. The average molecular weight is 266 g/mol. The zero-order valence-corrected chi connectivity index (χ0v) is 10.1. The average Bonchev–Trinajstić information content (AvgIpc) is 2.75. The molecule has 0 N–H and O–H groups in total. The first-order valence-electron chi connectivity index (χ1n) is 5.46. The summed E-state index contributed by atoms with van der Waals surface area (Å²) in [6.45, 7) is 1.14. The highest BCUT2D eigenvalue weighted by Gasteiger charge is 2.30. The molecule has 2 heterocycles. The van der Waals surface area contributed by atoms with Crippen LogP contribution in [0.15, 0.2) is 40.3 Å². The second-order valence-corrected chi connectivity index (χ2v) is 4.68. The minimum absolute atomic E-state index is 0.258. The first-order chi connectivity index (χ1) is 8.65. The molecule has 6 heteroatoms. The molecule has 0 saturated carbocycles. The lowest BCUT2D eigenvalue weighted by atomic mass is 10.1. The molecule has 2 aliphatic heterocycles. The Balaban J connectivity index is 1.88. The summed E-state index contributed by atoms with van der Waals surface area (Å²) in [4.78, 5) is 13.3. The van der Waals surface area contributed by atoms with E-state index in [1.807, 2.05) is 4.90 Å². The quantitative estimate of drug-likeness (QED) is 0.733. The van der Waals surface area contributed by atoms with E-state index in [0.717, 1.165) is 11.1 Å². The van der Waals surface area contributed by atoms with E-state index in [1.54, 1.807) is 6.07 Å². The number of halogens is 2. The van der Waals surface area contributed by atoms with E-state index in [0.29, 0.717) is 18.8 Å². The second-order valence-electron chi connectivity index (χ2n) is 4.24. The molecule has 0 fully saturated rings. The van der Waals surface area contributed by atoms with Crippen molar-refractivity contribution in [2.75, 3.05) is 0 Å². The first-order valence-corrected chi connectivity index (χ1v) is 5.90. The molecule has 1 aromatic carbocycles. The molecule has 3 rings (SSSR count). The zero-order valence-electron chi connectivity index (χ0n) is 9.31. The van der Waals surface area contributed by atoms with Gasteiger partial charge < -0.3 is 4.90 Å². The summed E-state index contributed by atoms with van der Waals surface area (Å²) in [5, 5.41) is 6.21. The highest BCUT2D eigenvalue weighted by molar-refractivity contribution is 6.33. The molecule has 92 valence electrons. The lowest BCUT2D eigenvalue weighted by molar-refractivity contribution is -0.117. The molecule has 1 aromatic rings. The van der Waals surface area contributed by atoms with Crippen LogP contribution < -0.4 is 0 Å². The van der Waals surface area contributed by atoms with E-state index >= 15 is 0 Å². The number of amides is 1. The lowest BCUT2D eigenvalue weighted by Crippen LogP contribution is -2.28. The number of hydrogen-bond acceptors (Lipinski definition) is 3. The van der Waals surface area contributed by atoms with Crippen molar-refractivity contribution in [3.05, 3.63) is 47.0 Å². The molecule has 2 aliphatic rings. The normalized spacial score (nSPS) is 22.1. The van der Waals surface area contributed by atoms with E-state index in [4.69, 9.17) is 11.6 Å². The number of alkyl halides is 1. The summed E-state index contributed by atoms with van der Waals surface area (Å²) in [5.41, 5.74) is 2.57. The molecular weight excluding hydrogens is 257 g/mol. The molecule has 1 unspecified atom stereocenters. The van der Waals surface area contributed by atoms with Gasteiger partial charge in [0.1, 0.15) is 5.82 Å². The van der Waals surface area contributed by atoms with E-state index < -0.39 is 11.3 Å². The van der Waals surface area contributed by atoms with Gasteiger partial charge in [-0.15, -0.1) is 16.7 Å². The molecule has 18 heavy (non-hydrogen) atoms. The van der Waals surface area contributed by atoms with Crippen LogP contribution >= 0.6 is 11.6 Å². The van der Waals surface area contributed by atoms with E-state index in [9.17, 15) is 9.18 Å². The van der Waals surface area contributed by atoms with Crippen LogP contribution in [0.4, 0.5) is 4.39 Å². The molecule has 0 aliphatic carbocycles. The predicted octanol–water partition coefficient (Wildman–Crippen LogP) is 2.58. The highest BCUT2D eigenvalue weighted by Crippen LogP contribution is 2.30. The Labute approximate surface area is 108 Å². The molecule has 0 saturated heterocycles. The minimum atomic E-state index is -0.804. The fourth-order valence-corrected chi connectivity index (χ4v) is 2.41. The van der Waals surface area contributed by atoms with Crippen molar-refractivity contribution in [3.63, 3.8) is 0 Å². The van der Waals surface area contributed by atoms with Gasteiger partial charge in [-0.1, -0.05) is 6.07 Å². The minimum Gasteiger partial charge on any atom is -0.363 e. The molecular formula is C12H9ClFN3O. The van der Waals surface area contributed by atoms with Crippen LogP contribution in [0.25, 0.3) is 0 Å². The van der Waals surface area contributed by atoms with Gasteiger partial charge in [0.15, 0.2) is 5.38 Å². The number of carbonyl (C=O) groups is 1. The van der Waals surface area contributed by atoms with Crippen LogP contribution in [0, 0.1) is 5.82 Å². The van der Waals surface area contributed by atoms with Gasteiger partial charge in [-0.25, -0.2) is 4.39 Å². The van der Waals surface area contributed by atoms with Gasteiger partial charge in [-0.3, -0.25) is 4.79 Å². The van der Waals surface area contributed by atoms with E-state index in [2.05, 4.69) is 10.2 Å². The Hall–Kier alpha value is -1.75. The van der Waals surface area contributed by atoms with Crippen molar-refractivity contribution in [2.45, 2.75) is 18.5 Å². The number of rotatable bonds is 1. The van der Waals surface area contributed by atoms with Crippen LogP contribution in [-0.4, -0.2) is 16.2 Å². The number of fused-ring (bicyclic) bond motifs is 1. The Morgan fingerprint density at radius 3 is 2.94 bits per heavy atom. The maximum Gasteiger partial charge on any atom is 0.288 e. The van der Waals surface area contributed by atoms with E-state index in [1.165, 1.54) is 18.3 Å². The standard InChI is InChI=1S/C12H9ClFN3O/c13-11-10(4-15-16-12(11)18)17-5-7-1-2-9(14)3-8(7)6-17/h1-4,11H,5-6H2. The summed E-state index contributed by atoms with van der Waals surface area (Å²) in [6, 6.07) is 4.69. The molecule has 1 amide bonds. The molecule has 1 atom stereocenters. The topological polar surface area (TPSA) is 45.0 Å². The fourth-order valence-electron chi connectivity index (χ4n) is 2.18. The van der Waals surface area contributed by atoms with Gasteiger partial charge >= 0.3 is 0 Å². The van der Waals surface area contributed by atoms with Crippen molar-refractivity contribution in [2.24, 2.45) is 10.2 Å². The maximum absolute atomic E-state index is 13.1. The predicted molar refractivity (Wildman–Crippen MR) is 63.2 cm³/mol. The van der Waals surface area contributed by atoms with Gasteiger partial charge in [0.2, 0.25) is 0 Å². The summed E-state index contributed by atoms with van der Waals surface area (Å²) in [5.74, 6) is -0.720. The van der Waals surface area contributed by atoms with Gasteiger partial charge in [-0.2, -0.15) is 5.11 Å². The molecule has 4 nitrogen and oxygen atoms in total. The Kier molecular flexibility index (Phi) is 2.63. The number of nitrogens with zero attached hydrogens (tertiary/aromatic N) is 3. The van der Waals surface area contributed by atoms with Gasteiger partial charge in [0, 0.05) is 13.1 Å². The molecule has 0 radical (unpaired) electrons. The van der Waals surface area contributed by atoms with Gasteiger partial charge in [0.25, 0.3) is 5.91 Å². The molecule has 0 spiro atoms. The van der Waals surface area contributed by atoms with Crippen molar-refractivity contribution >= 4 is 17.5 Å².